The van der Waals surface area contributed by atoms with Crippen LogP contribution in [0.15, 0.2) is 212 Å². The van der Waals surface area contributed by atoms with Gasteiger partial charge in [-0.05, 0) is 90.5 Å². The molecule has 0 amide bonds. The summed E-state index contributed by atoms with van der Waals surface area (Å²) in [7, 11) is 0. The molecule has 12 rings (SSSR count). The average molecular weight is 850 g/mol. The zero-order valence-electron chi connectivity index (χ0n) is 36.2. The number of thiophene rings is 1. The Balaban J connectivity index is 0.957. The maximum absolute atomic E-state index is 5.30. The number of aromatic nitrogens is 3. The topological polar surface area (TPSA) is 38.7 Å². The van der Waals surface area contributed by atoms with E-state index in [1.54, 1.807) is 0 Å². The summed E-state index contributed by atoms with van der Waals surface area (Å²) in [5.74, 6) is 2.06. The smallest absolute Gasteiger partial charge is 0.164 e. The van der Waals surface area contributed by atoms with Crippen LogP contribution in [0.4, 0.5) is 0 Å². The lowest BCUT2D eigenvalue weighted by atomic mass is 9.82. The Labute approximate surface area is 383 Å². The van der Waals surface area contributed by atoms with E-state index in [4.69, 9.17) is 15.0 Å². The minimum Gasteiger partial charge on any atom is -0.213 e. The summed E-state index contributed by atoms with van der Waals surface area (Å²) < 4.78 is 2.51. The van der Waals surface area contributed by atoms with Gasteiger partial charge in [0.1, 0.15) is 5.82 Å². The van der Waals surface area contributed by atoms with Crippen molar-refractivity contribution < 1.29 is 0 Å². The first kappa shape index (κ1) is 38.9. The molecule has 0 fully saturated rings. The van der Waals surface area contributed by atoms with Gasteiger partial charge in [0.2, 0.25) is 0 Å². The molecule has 4 heteroatoms. The molecule has 2 heterocycles. The van der Waals surface area contributed by atoms with Crippen molar-refractivity contribution in [2.45, 2.75) is 25.7 Å². The Kier molecular flexibility index (Phi) is 9.43. The standard InChI is InChI=1S/C61H43N3S/c1-61(2)52-24-12-11-21-50(52)57-46(22-13-25-53(57)61)43-31-33-44(34-32-43)59-62-56(37-39-15-5-3-6-16-39)63-60(64-59)49-20-10-9-19-47(49)48-23-14-26-55-58(48)51-38-45(35-36-54(51)65-55)42-29-27-41(28-30-42)40-17-7-4-8-18-40/h3-36,38H,37H2,1-2H3. The van der Waals surface area contributed by atoms with Crippen molar-refractivity contribution in [2.75, 3.05) is 0 Å². The van der Waals surface area contributed by atoms with Crippen molar-refractivity contribution in [2.24, 2.45) is 0 Å². The summed E-state index contributed by atoms with van der Waals surface area (Å²) in [6.45, 7) is 4.67. The van der Waals surface area contributed by atoms with Crippen LogP contribution in [0.25, 0.3) is 98.6 Å². The Morgan fingerprint density at radius 1 is 0.385 bits per heavy atom. The predicted octanol–water partition coefficient (Wildman–Crippen LogP) is 16.1. The fourth-order valence-electron chi connectivity index (χ4n) is 9.95. The molecule has 1 aliphatic rings. The van der Waals surface area contributed by atoms with Crippen LogP contribution in [0.5, 0.6) is 0 Å². The molecule has 3 nitrogen and oxygen atoms in total. The summed E-state index contributed by atoms with van der Waals surface area (Å²) in [5, 5.41) is 2.49. The van der Waals surface area contributed by atoms with Crippen molar-refractivity contribution in [3.8, 4) is 78.4 Å². The van der Waals surface area contributed by atoms with E-state index in [0.29, 0.717) is 18.1 Å². The fourth-order valence-corrected chi connectivity index (χ4v) is 11.1. The van der Waals surface area contributed by atoms with E-state index in [0.717, 1.165) is 33.6 Å². The van der Waals surface area contributed by atoms with Gasteiger partial charge in [0.15, 0.2) is 11.6 Å². The molecule has 0 saturated heterocycles. The van der Waals surface area contributed by atoms with Crippen LogP contribution in [0.1, 0.15) is 36.4 Å². The normalized spacial score (nSPS) is 12.6. The number of hydrogen-bond acceptors (Lipinski definition) is 4. The first-order chi connectivity index (χ1) is 32.0. The van der Waals surface area contributed by atoms with Gasteiger partial charge in [0.05, 0.1) is 0 Å². The second-order valence-electron chi connectivity index (χ2n) is 17.5. The van der Waals surface area contributed by atoms with Gasteiger partial charge in [-0.3, -0.25) is 0 Å². The zero-order valence-corrected chi connectivity index (χ0v) is 37.0. The Bertz CT molecular complexity index is 3570. The van der Waals surface area contributed by atoms with E-state index in [1.165, 1.54) is 75.8 Å². The predicted molar refractivity (Wildman–Crippen MR) is 272 cm³/mol. The minimum absolute atomic E-state index is 0.0600. The lowest BCUT2D eigenvalue weighted by Crippen LogP contribution is -2.14. The lowest BCUT2D eigenvalue weighted by molar-refractivity contribution is 0.660. The molecule has 0 bridgehead atoms. The van der Waals surface area contributed by atoms with Gasteiger partial charge >= 0.3 is 0 Å². The second-order valence-corrected chi connectivity index (χ2v) is 18.6. The second kappa shape index (κ2) is 15.8. The molecule has 0 atom stereocenters. The highest BCUT2D eigenvalue weighted by Crippen LogP contribution is 2.52. The monoisotopic (exact) mass is 849 g/mol. The summed E-state index contributed by atoms with van der Waals surface area (Å²) >= 11 is 1.84. The number of benzene rings is 9. The van der Waals surface area contributed by atoms with Crippen molar-refractivity contribution in [1.82, 2.24) is 15.0 Å². The molecular weight excluding hydrogens is 807 g/mol. The molecule has 2 aromatic heterocycles. The zero-order chi connectivity index (χ0) is 43.5. The summed E-state index contributed by atoms with van der Waals surface area (Å²) in [5.41, 5.74) is 17.9. The Morgan fingerprint density at radius 2 is 0.938 bits per heavy atom. The molecule has 1 aliphatic carbocycles. The van der Waals surface area contributed by atoms with E-state index in [1.807, 2.05) is 17.4 Å². The van der Waals surface area contributed by atoms with Crippen LogP contribution in [0.2, 0.25) is 0 Å². The maximum atomic E-state index is 5.30. The minimum atomic E-state index is -0.0600. The van der Waals surface area contributed by atoms with E-state index < -0.39 is 0 Å². The fraction of sp³-hybridized carbons (Fsp3) is 0.0656. The Hall–Kier alpha value is -7.79. The quantitative estimate of drug-likeness (QED) is 0.153. The summed E-state index contributed by atoms with van der Waals surface area (Å²) in [6, 6.07) is 76.5. The van der Waals surface area contributed by atoms with Crippen LogP contribution >= 0.6 is 11.3 Å². The molecule has 0 N–H and O–H groups in total. The summed E-state index contributed by atoms with van der Waals surface area (Å²) in [4.78, 5) is 15.7. The molecule has 308 valence electrons. The SMILES string of the molecule is CC1(C)c2ccccc2-c2c(-c3ccc(-c4nc(Cc5ccccc5)nc(-c5ccccc5-c5cccc6sc7ccc(-c8ccc(-c9ccccc9)cc8)cc7c56)n4)cc3)cccc21. The van der Waals surface area contributed by atoms with Gasteiger partial charge in [0.25, 0.3) is 0 Å². The molecule has 0 aliphatic heterocycles. The lowest BCUT2D eigenvalue weighted by Gasteiger charge is -2.21. The van der Waals surface area contributed by atoms with Gasteiger partial charge in [-0.2, -0.15) is 0 Å². The van der Waals surface area contributed by atoms with Gasteiger partial charge < -0.3 is 0 Å². The van der Waals surface area contributed by atoms with E-state index in [9.17, 15) is 0 Å². The Morgan fingerprint density at radius 3 is 1.72 bits per heavy atom. The van der Waals surface area contributed by atoms with Crippen LogP contribution in [-0.4, -0.2) is 15.0 Å². The van der Waals surface area contributed by atoms with Crippen LogP contribution < -0.4 is 0 Å². The third kappa shape index (κ3) is 6.86. The van der Waals surface area contributed by atoms with Gasteiger partial charge in [-0.25, -0.2) is 15.0 Å². The van der Waals surface area contributed by atoms with Gasteiger partial charge in [-0.15, -0.1) is 11.3 Å². The largest absolute Gasteiger partial charge is 0.213 e. The molecule has 11 aromatic rings. The number of rotatable bonds is 8. The van der Waals surface area contributed by atoms with Crippen molar-refractivity contribution in [3.05, 3.63) is 235 Å². The van der Waals surface area contributed by atoms with E-state index in [2.05, 4.69) is 220 Å². The molecule has 0 radical (unpaired) electrons. The number of nitrogens with zero attached hydrogens (tertiary/aromatic N) is 3. The van der Waals surface area contributed by atoms with Gasteiger partial charge in [-0.1, -0.05) is 208 Å². The highest BCUT2D eigenvalue weighted by molar-refractivity contribution is 7.26. The van der Waals surface area contributed by atoms with Crippen LogP contribution in [-0.2, 0) is 11.8 Å². The molecule has 0 spiro atoms. The molecule has 65 heavy (non-hydrogen) atoms. The third-order valence-electron chi connectivity index (χ3n) is 13.2. The highest BCUT2D eigenvalue weighted by Gasteiger charge is 2.36. The molecule has 0 unspecified atom stereocenters. The highest BCUT2D eigenvalue weighted by atomic mass is 32.1. The van der Waals surface area contributed by atoms with Crippen LogP contribution in [0, 0.1) is 0 Å². The van der Waals surface area contributed by atoms with Crippen molar-refractivity contribution in [1.29, 1.82) is 0 Å². The molecular formula is C61H43N3S. The number of fused-ring (bicyclic) bond motifs is 6. The van der Waals surface area contributed by atoms with E-state index >= 15 is 0 Å². The first-order valence-corrected chi connectivity index (χ1v) is 23.1. The van der Waals surface area contributed by atoms with Gasteiger partial charge in [0, 0.05) is 43.1 Å². The molecule has 9 aromatic carbocycles. The van der Waals surface area contributed by atoms with E-state index in [-0.39, 0.29) is 5.41 Å². The average Bonchev–Trinajstić information content (AvgIpc) is 3.86. The maximum Gasteiger partial charge on any atom is 0.164 e. The van der Waals surface area contributed by atoms with Crippen molar-refractivity contribution in [3.63, 3.8) is 0 Å². The molecule has 0 saturated carbocycles. The van der Waals surface area contributed by atoms with Crippen molar-refractivity contribution >= 4 is 31.5 Å². The number of hydrogen-bond donors (Lipinski definition) is 0. The van der Waals surface area contributed by atoms with Crippen LogP contribution in [0.3, 0.4) is 0 Å². The third-order valence-corrected chi connectivity index (χ3v) is 14.4. The first-order valence-electron chi connectivity index (χ1n) is 22.3. The summed E-state index contributed by atoms with van der Waals surface area (Å²) in [6.07, 6.45) is 0.592.